The second-order valence-corrected chi connectivity index (χ2v) is 10.4. The van der Waals surface area contributed by atoms with Crippen LogP contribution in [0.3, 0.4) is 0 Å². The Kier molecular flexibility index (Phi) is 8.58. The van der Waals surface area contributed by atoms with Gasteiger partial charge in [-0.25, -0.2) is 9.80 Å². The summed E-state index contributed by atoms with van der Waals surface area (Å²) in [6.45, 7) is 0.870. The molecule has 246 valence electrons. The second-order valence-electron chi connectivity index (χ2n) is 10.4. The number of rotatable bonds is 10. The van der Waals surface area contributed by atoms with Crippen molar-refractivity contribution in [3.8, 4) is 0 Å². The Balaban J connectivity index is 1.73. The minimum Gasteiger partial charge on any atom is -0.379 e. The zero-order chi connectivity index (χ0) is 33.8. The first-order valence-electron chi connectivity index (χ1n) is 13.1. The molecule has 19 heteroatoms. The molecule has 1 fully saturated rings. The average molecular weight is 641 g/mol. The van der Waals surface area contributed by atoms with Crippen LogP contribution in [0.5, 0.6) is 0 Å². The lowest BCUT2D eigenvalue weighted by atomic mass is 9.91. The standard InChI is InChI=1S/C26H32N4O15/c1-27-20(33)22(36,26(43,44)21(34,35)13-31)30-19(32)16-3-2-4-17(18(16)25(30,41)42)28-23(37,38)14-5-7-15(8-6-14)24(39,40)29-9-11-45-12-10-29/h2-8,13,28,34-44H,9-12H2,1H3,(H,27,33). The van der Waals surface area contributed by atoms with Gasteiger partial charge in [0, 0.05) is 37.0 Å². The molecule has 4 rings (SSSR count). The highest BCUT2D eigenvalue weighted by atomic mass is 16.6. The minimum absolute atomic E-state index is 0.0559. The third kappa shape index (κ3) is 5.24. The molecule has 1 saturated heterocycles. The number of hydrogen-bond donors (Lipinski definition) is 13. The SMILES string of the molecule is CNC(=O)C(O)(N1C(=O)c2cccc(NC(O)(O)c3ccc(C(O)(O)N4CCOCC4)cc3)c2C1(O)O)C(O)(O)C(O)(O)C=O. The molecule has 1 atom stereocenters. The van der Waals surface area contributed by atoms with Gasteiger partial charge in [-0.3, -0.25) is 14.4 Å². The molecular formula is C26H32N4O15. The van der Waals surface area contributed by atoms with E-state index in [-0.39, 0.29) is 37.4 Å². The minimum atomic E-state index is -4.72. The molecule has 0 bridgehead atoms. The van der Waals surface area contributed by atoms with Crippen LogP contribution in [0, 0.1) is 0 Å². The Morgan fingerprint density at radius 2 is 1.47 bits per heavy atom. The summed E-state index contributed by atoms with van der Waals surface area (Å²) >= 11 is 0. The van der Waals surface area contributed by atoms with E-state index in [1.165, 1.54) is 4.90 Å². The van der Waals surface area contributed by atoms with Crippen molar-refractivity contribution in [2.24, 2.45) is 0 Å². The van der Waals surface area contributed by atoms with Crippen molar-refractivity contribution < 1.29 is 75.3 Å². The van der Waals surface area contributed by atoms with Crippen molar-refractivity contribution in [1.29, 1.82) is 0 Å². The molecule has 19 nitrogen and oxygen atoms in total. The fourth-order valence-corrected chi connectivity index (χ4v) is 5.12. The van der Waals surface area contributed by atoms with Crippen LogP contribution in [-0.2, 0) is 32.1 Å². The topological polar surface area (TPSA) is 314 Å². The fraction of sp³-hybridized carbons (Fsp3) is 0.423. The highest BCUT2D eigenvalue weighted by Gasteiger charge is 2.74. The van der Waals surface area contributed by atoms with Gasteiger partial charge in [-0.2, -0.15) is 0 Å². The van der Waals surface area contributed by atoms with Crippen molar-refractivity contribution >= 4 is 23.8 Å². The van der Waals surface area contributed by atoms with E-state index >= 15 is 0 Å². The van der Waals surface area contributed by atoms with Crippen LogP contribution < -0.4 is 10.6 Å². The predicted molar refractivity (Wildman–Crippen MR) is 143 cm³/mol. The molecule has 13 N–H and O–H groups in total. The maximum atomic E-state index is 13.4. The summed E-state index contributed by atoms with van der Waals surface area (Å²) in [5, 5.41) is 121. The number of nitrogens with zero attached hydrogens (tertiary/aromatic N) is 2. The summed E-state index contributed by atoms with van der Waals surface area (Å²) in [6, 6.07) is 7.42. The molecular weight excluding hydrogens is 608 g/mol. The maximum absolute atomic E-state index is 13.4. The van der Waals surface area contributed by atoms with E-state index in [4.69, 9.17) is 4.74 Å². The number of anilines is 1. The smallest absolute Gasteiger partial charge is 0.287 e. The number of fused-ring (bicyclic) bond motifs is 1. The summed E-state index contributed by atoms with van der Waals surface area (Å²) < 4.78 is 5.19. The number of carbonyl (C=O) groups is 3. The average Bonchev–Trinajstić information content (AvgIpc) is 3.21. The number of likely N-dealkylation sites (N-methyl/N-ethyl adjacent to an activating group) is 1. The van der Waals surface area contributed by atoms with E-state index in [1.54, 1.807) is 5.32 Å². The molecule has 2 aromatic rings. The van der Waals surface area contributed by atoms with Gasteiger partial charge in [0.05, 0.1) is 24.3 Å². The molecule has 45 heavy (non-hydrogen) atoms. The van der Waals surface area contributed by atoms with E-state index < -0.39 is 74.8 Å². The summed E-state index contributed by atoms with van der Waals surface area (Å²) in [5.41, 5.74) is -7.27. The Morgan fingerprint density at radius 1 is 0.911 bits per heavy atom. The number of hydrogen-bond acceptors (Lipinski definition) is 17. The third-order valence-electron chi connectivity index (χ3n) is 7.61. The third-order valence-corrected chi connectivity index (χ3v) is 7.61. The van der Waals surface area contributed by atoms with Crippen LogP contribution in [0.2, 0.25) is 0 Å². The molecule has 0 aliphatic carbocycles. The van der Waals surface area contributed by atoms with Crippen LogP contribution in [-0.4, -0.2) is 135 Å². The van der Waals surface area contributed by atoms with Crippen LogP contribution in [0.4, 0.5) is 5.69 Å². The second kappa shape index (κ2) is 11.3. The number of ether oxygens (including phenoxy) is 1. The van der Waals surface area contributed by atoms with E-state index in [0.29, 0.717) is 0 Å². The lowest BCUT2D eigenvalue weighted by Crippen LogP contribution is -2.81. The monoisotopic (exact) mass is 640 g/mol. The molecule has 2 aliphatic rings. The van der Waals surface area contributed by atoms with E-state index in [2.05, 4.69) is 5.32 Å². The molecule has 2 heterocycles. The lowest BCUT2D eigenvalue weighted by molar-refractivity contribution is -0.426. The summed E-state index contributed by atoms with van der Waals surface area (Å²) in [6.07, 6.45) is -0.923. The van der Waals surface area contributed by atoms with Crippen LogP contribution in [0.15, 0.2) is 42.5 Å². The predicted octanol–water partition coefficient (Wildman–Crippen LogP) is -6.13. The summed E-state index contributed by atoms with van der Waals surface area (Å²) in [5.74, 6) is -22.4. The molecule has 2 amide bonds. The normalized spacial score (nSPS) is 19.1. The van der Waals surface area contributed by atoms with Crippen molar-refractivity contribution in [1.82, 2.24) is 15.1 Å². The Labute approximate surface area is 253 Å². The molecule has 1 unspecified atom stereocenters. The van der Waals surface area contributed by atoms with Gasteiger partial charge in [0.25, 0.3) is 46.8 Å². The number of aliphatic hydroxyl groups is 11. The first-order valence-corrected chi connectivity index (χ1v) is 13.1. The Hall–Kier alpha value is -3.67. The molecule has 2 aliphatic heterocycles. The van der Waals surface area contributed by atoms with Crippen molar-refractivity contribution in [3.05, 3.63) is 64.7 Å². The highest BCUT2D eigenvalue weighted by molar-refractivity contribution is 6.04. The van der Waals surface area contributed by atoms with Gasteiger partial charge < -0.3 is 71.5 Å². The van der Waals surface area contributed by atoms with Gasteiger partial charge in [0.2, 0.25) is 0 Å². The highest BCUT2D eigenvalue weighted by Crippen LogP contribution is 2.47. The van der Waals surface area contributed by atoms with Crippen LogP contribution >= 0.6 is 0 Å². The van der Waals surface area contributed by atoms with Crippen molar-refractivity contribution in [2.75, 3.05) is 38.7 Å². The Bertz CT molecular complexity index is 1470. The molecule has 0 aromatic heterocycles. The number of nitrogens with one attached hydrogen (secondary N) is 2. The summed E-state index contributed by atoms with van der Waals surface area (Å²) in [4.78, 5) is 38.0. The first-order chi connectivity index (χ1) is 20.7. The molecule has 2 aromatic carbocycles. The van der Waals surface area contributed by atoms with Gasteiger partial charge in [0.15, 0.2) is 6.29 Å². The van der Waals surface area contributed by atoms with Gasteiger partial charge in [0.1, 0.15) is 0 Å². The van der Waals surface area contributed by atoms with Crippen LogP contribution in [0.25, 0.3) is 0 Å². The number of benzene rings is 2. The first kappa shape index (κ1) is 34.2. The maximum Gasteiger partial charge on any atom is 0.287 e. The van der Waals surface area contributed by atoms with Gasteiger partial charge in [-0.1, -0.05) is 30.3 Å². The number of aldehydes is 1. The van der Waals surface area contributed by atoms with Gasteiger partial charge in [-0.05, 0) is 12.1 Å². The summed E-state index contributed by atoms with van der Waals surface area (Å²) in [7, 11) is 0.771. The molecule has 0 radical (unpaired) electrons. The zero-order valence-electron chi connectivity index (χ0n) is 23.4. The van der Waals surface area contributed by atoms with Crippen molar-refractivity contribution in [2.45, 2.75) is 35.0 Å². The molecule has 0 saturated carbocycles. The number of amides is 2. The fourth-order valence-electron chi connectivity index (χ4n) is 5.12. The van der Waals surface area contributed by atoms with E-state index in [9.17, 15) is 70.6 Å². The van der Waals surface area contributed by atoms with Gasteiger partial charge in [-0.15, -0.1) is 0 Å². The lowest BCUT2D eigenvalue weighted by Gasteiger charge is -2.48. The number of morpholine rings is 1. The van der Waals surface area contributed by atoms with E-state index in [1.807, 2.05) is 0 Å². The van der Waals surface area contributed by atoms with Crippen LogP contribution in [0.1, 0.15) is 27.0 Å². The van der Waals surface area contributed by atoms with E-state index in [0.717, 1.165) is 49.5 Å². The van der Waals surface area contributed by atoms with Crippen molar-refractivity contribution in [3.63, 3.8) is 0 Å². The Morgan fingerprint density at radius 3 is 2.00 bits per heavy atom. The van der Waals surface area contributed by atoms with Gasteiger partial charge >= 0.3 is 0 Å². The quantitative estimate of drug-likeness (QED) is 0.0848. The zero-order valence-corrected chi connectivity index (χ0v) is 23.4. The number of carbonyl (C=O) groups excluding carboxylic acids is 3. The largest absolute Gasteiger partial charge is 0.379 e. The molecule has 0 spiro atoms.